The molecule has 4 aromatic rings. The van der Waals surface area contributed by atoms with Crippen molar-refractivity contribution in [2.75, 3.05) is 5.75 Å². The Labute approximate surface area is 204 Å². The molecule has 1 N–H and O–H groups in total. The number of aromatic hydroxyl groups is 1. The number of phenols is 1. The monoisotopic (exact) mass is 521 g/mol. The van der Waals surface area contributed by atoms with Gasteiger partial charge in [0.2, 0.25) is 0 Å². The minimum atomic E-state index is -4.51. The fourth-order valence-corrected chi connectivity index (χ4v) is 6.93. The van der Waals surface area contributed by atoms with Crippen LogP contribution in [0.4, 0.5) is 13.2 Å². The molecule has 0 radical (unpaired) electrons. The summed E-state index contributed by atoms with van der Waals surface area (Å²) in [4.78, 5) is 4.30. The van der Waals surface area contributed by atoms with E-state index in [9.17, 15) is 22.8 Å². The molecule has 3 aromatic carbocycles. The molecule has 1 aromatic heterocycles. The lowest BCUT2D eigenvalue weighted by Gasteiger charge is -2.20. The molecular weight excluding hydrogens is 498 g/mol. The molecule has 0 fully saturated rings. The van der Waals surface area contributed by atoms with Gasteiger partial charge in [-0.3, -0.25) is 0 Å². The number of aromatic nitrogens is 1. The van der Waals surface area contributed by atoms with Crippen molar-refractivity contribution in [3.63, 3.8) is 0 Å². The molecule has 0 aliphatic rings. The molecule has 0 saturated heterocycles. The van der Waals surface area contributed by atoms with E-state index in [0.717, 1.165) is 41.1 Å². The predicted octanol–water partition coefficient (Wildman–Crippen LogP) is 8.44. The lowest BCUT2D eigenvalue weighted by atomic mass is 10.1. The molecule has 5 nitrogen and oxygen atoms in total. The molecule has 1 unspecified atom stereocenters. The van der Waals surface area contributed by atoms with Crippen LogP contribution < -0.4 is 9.05 Å². The summed E-state index contributed by atoms with van der Waals surface area (Å²) in [6, 6.07) is 13.0. The van der Waals surface area contributed by atoms with Crippen molar-refractivity contribution in [1.29, 1.82) is 0 Å². The maximum Gasteiger partial charge on any atom is 0.492 e. The van der Waals surface area contributed by atoms with Gasteiger partial charge in [0.25, 0.3) is 0 Å². The van der Waals surface area contributed by atoms with Crippen LogP contribution in [0, 0.1) is 13.8 Å². The van der Waals surface area contributed by atoms with E-state index in [2.05, 4.69) is 4.98 Å². The second kappa shape index (κ2) is 9.63. The number of pyridine rings is 1. The Morgan fingerprint density at radius 2 is 1.77 bits per heavy atom. The van der Waals surface area contributed by atoms with Gasteiger partial charge < -0.3 is 14.2 Å². The van der Waals surface area contributed by atoms with Gasteiger partial charge in [-0.2, -0.15) is 13.2 Å². The fourth-order valence-electron chi connectivity index (χ4n) is 3.54. The molecular formula is C25H23F3NO4PS. The minimum absolute atomic E-state index is 0.0329. The Kier molecular flexibility index (Phi) is 6.93. The lowest BCUT2D eigenvalue weighted by molar-refractivity contribution is -0.137. The van der Waals surface area contributed by atoms with Crippen LogP contribution in [-0.2, 0) is 10.7 Å². The van der Waals surface area contributed by atoms with Crippen LogP contribution >= 0.6 is 18.2 Å². The Morgan fingerprint density at radius 1 is 1.00 bits per heavy atom. The first-order valence-corrected chi connectivity index (χ1v) is 14.0. The van der Waals surface area contributed by atoms with Crippen LogP contribution in [0.15, 0.2) is 54.6 Å². The summed E-state index contributed by atoms with van der Waals surface area (Å²) < 4.78 is 64.7. The Balaban J connectivity index is 1.74. The largest absolute Gasteiger partial charge is 0.507 e. The molecule has 1 heterocycles. The zero-order chi connectivity index (χ0) is 25.4. The summed E-state index contributed by atoms with van der Waals surface area (Å²) in [6.45, 7) is 1.93. The maximum absolute atomic E-state index is 13.7. The number of halogens is 3. The fraction of sp³-hybridized carbons (Fsp3) is 0.240. The second-order valence-corrected chi connectivity index (χ2v) is 12.2. The number of hydrogen-bond donors (Lipinski definition) is 1. The average molecular weight is 521 g/mol. The molecule has 0 aliphatic carbocycles. The number of benzene rings is 3. The third kappa shape index (κ3) is 5.68. The van der Waals surface area contributed by atoms with E-state index in [1.807, 2.05) is 32.9 Å². The summed E-state index contributed by atoms with van der Waals surface area (Å²) in [5.41, 5.74) is 1.30. The molecule has 0 saturated carbocycles. The van der Waals surface area contributed by atoms with Crippen molar-refractivity contribution in [2.45, 2.75) is 33.4 Å². The number of nitrogens with zero attached hydrogens (tertiary/aromatic N) is 1. The van der Waals surface area contributed by atoms with Gasteiger partial charge >= 0.3 is 13.0 Å². The minimum Gasteiger partial charge on any atom is -0.507 e. The highest BCUT2D eigenvalue weighted by Gasteiger charge is 2.32. The maximum atomic E-state index is 13.7. The topological polar surface area (TPSA) is 68.7 Å². The normalized spacial score (nSPS) is 13.7. The molecule has 35 heavy (non-hydrogen) atoms. The number of hydrogen-bond acceptors (Lipinski definition) is 6. The van der Waals surface area contributed by atoms with Gasteiger partial charge in [-0.15, -0.1) is 0 Å². The van der Waals surface area contributed by atoms with Crippen LogP contribution in [0.5, 0.6) is 17.2 Å². The van der Waals surface area contributed by atoms with Crippen molar-refractivity contribution in [2.24, 2.45) is 0 Å². The van der Waals surface area contributed by atoms with Crippen molar-refractivity contribution in [3.8, 4) is 17.2 Å². The van der Waals surface area contributed by atoms with E-state index in [-0.39, 0.29) is 22.5 Å². The van der Waals surface area contributed by atoms with Crippen LogP contribution in [0.1, 0.15) is 30.0 Å². The van der Waals surface area contributed by atoms with Gasteiger partial charge in [-0.1, -0.05) is 30.7 Å². The van der Waals surface area contributed by atoms with E-state index in [1.165, 1.54) is 18.2 Å². The number of alkyl halides is 3. The average Bonchev–Trinajstić information content (AvgIpc) is 2.77. The van der Waals surface area contributed by atoms with Crippen molar-refractivity contribution in [1.82, 2.24) is 4.98 Å². The number of aryl methyl sites for hydroxylation is 2. The first-order valence-electron chi connectivity index (χ1n) is 10.8. The Bertz CT molecular complexity index is 1460. The number of fused-ring (bicyclic) bond motifs is 2. The first kappa shape index (κ1) is 25.2. The molecule has 0 amide bonds. The molecule has 4 rings (SSSR count). The summed E-state index contributed by atoms with van der Waals surface area (Å²) >= 11 is 1.03. The zero-order valence-corrected chi connectivity index (χ0v) is 20.9. The van der Waals surface area contributed by atoms with E-state index in [1.54, 1.807) is 12.1 Å². The molecule has 1 atom stereocenters. The van der Waals surface area contributed by atoms with Crippen molar-refractivity contribution in [3.05, 3.63) is 71.3 Å². The highest BCUT2D eigenvalue weighted by Crippen LogP contribution is 2.60. The SMILES string of the molecule is CCCSP(=O)(Oc1cc(O)c2cc3ccc(C(F)(F)F)cc3nc2c1)Oc1ccc(C)cc1C. The van der Waals surface area contributed by atoms with Crippen LogP contribution in [-0.4, -0.2) is 15.8 Å². The van der Waals surface area contributed by atoms with Gasteiger partial charge in [0, 0.05) is 28.7 Å². The van der Waals surface area contributed by atoms with E-state index >= 15 is 0 Å². The lowest BCUT2D eigenvalue weighted by Crippen LogP contribution is -2.04. The molecule has 184 valence electrons. The van der Waals surface area contributed by atoms with Crippen LogP contribution in [0.2, 0.25) is 0 Å². The third-order valence-corrected chi connectivity index (χ3v) is 8.93. The second-order valence-electron chi connectivity index (χ2n) is 8.13. The van der Waals surface area contributed by atoms with Gasteiger partial charge in [0.1, 0.15) is 17.2 Å². The molecule has 0 bridgehead atoms. The summed E-state index contributed by atoms with van der Waals surface area (Å²) in [5, 5.41) is 11.4. The smallest absolute Gasteiger partial charge is 0.492 e. The number of phenolic OH excluding ortho intramolecular Hbond substituents is 1. The summed E-state index contributed by atoms with van der Waals surface area (Å²) in [6.07, 6.45) is -3.78. The van der Waals surface area contributed by atoms with Crippen LogP contribution in [0.3, 0.4) is 0 Å². The Hall–Kier alpha value is -2.90. The molecule has 0 aliphatic heterocycles. The zero-order valence-electron chi connectivity index (χ0n) is 19.2. The third-order valence-electron chi connectivity index (χ3n) is 5.22. The molecule has 10 heteroatoms. The van der Waals surface area contributed by atoms with Crippen molar-refractivity contribution >= 4 is 40.0 Å². The van der Waals surface area contributed by atoms with E-state index < -0.39 is 18.5 Å². The van der Waals surface area contributed by atoms with E-state index in [4.69, 9.17) is 9.05 Å². The highest BCUT2D eigenvalue weighted by atomic mass is 32.7. The first-order chi connectivity index (χ1) is 16.5. The Morgan fingerprint density at radius 3 is 2.46 bits per heavy atom. The number of rotatable bonds is 7. The van der Waals surface area contributed by atoms with E-state index in [0.29, 0.717) is 22.3 Å². The van der Waals surface area contributed by atoms with Gasteiger partial charge in [0.05, 0.1) is 16.6 Å². The predicted molar refractivity (Wildman–Crippen MR) is 133 cm³/mol. The summed E-state index contributed by atoms with van der Waals surface area (Å²) in [5.74, 6) is 0.748. The van der Waals surface area contributed by atoms with Crippen molar-refractivity contribution < 1.29 is 31.9 Å². The van der Waals surface area contributed by atoms with Gasteiger partial charge in [-0.05, 0) is 61.5 Å². The van der Waals surface area contributed by atoms with Gasteiger partial charge in [0.15, 0.2) is 0 Å². The van der Waals surface area contributed by atoms with Gasteiger partial charge in [-0.25, -0.2) is 9.55 Å². The quantitative estimate of drug-likeness (QED) is 0.194. The standard InChI is InChI=1S/C25H23F3NO4PS/c1-4-9-35-34(31,33-24-8-5-15(2)10-16(24)3)32-19-13-22-20(23(30)14-19)11-17-6-7-18(25(26,27)28)12-21(17)29-22/h5-8,10-14,30H,4,9H2,1-3H3. The van der Waals surface area contributed by atoms with Crippen LogP contribution in [0.25, 0.3) is 21.8 Å². The highest BCUT2D eigenvalue weighted by molar-refractivity contribution is 8.55. The molecule has 0 spiro atoms. The summed E-state index contributed by atoms with van der Waals surface area (Å²) in [7, 11) is 0.